The minimum atomic E-state index is -0.369. The highest BCUT2D eigenvalue weighted by atomic mass is 19.1. The Morgan fingerprint density at radius 3 is 2.76 bits per heavy atom. The molecular formula is C12H8FN3O. The number of hydrogen-bond donors (Lipinski definition) is 1. The van der Waals surface area contributed by atoms with Crippen molar-refractivity contribution in [1.82, 2.24) is 15.1 Å². The summed E-state index contributed by atoms with van der Waals surface area (Å²) in [6, 6.07) is 9.94. The molecule has 3 aromatic rings. The van der Waals surface area contributed by atoms with Gasteiger partial charge in [-0.25, -0.2) is 4.39 Å². The van der Waals surface area contributed by atoms with Crippen molar-refractivity contribution in [2.45, 2.75) is 0 Å². The summed E-state index contributed by atoms with van der Waals surface area (Å²) in [6.07, 6.45) is 1.75. The normalized spacial score (nSPS) is 10.6. The number of hydrogen-bond acceptors (Lipinski definition) is 3. The van der Waals surface area contributed by atoms with E-state index in [4.69, 9.17) is 4.52 Å². The first-order valence-electron chi connectivity index (χ1n) is 5.07. The largest absolute Gasteiger partial charge is 0.357 e. The fraction of sp³-hybridized carbons (Fsp3) is 0. The minimum Gasteiger partial charge on any atom is -0.357 e. The zero-order valence-corrected chi connectivity index (χ0v) is 8.72. The van der Waals surface area contributed by atoms with Gasteiger partial charge in [-0.1, -0.05) is 17.3 Å². The first-order valence-corrected chi connectivity index (χ1v) is 5.07. The molecule has 0 radical (unpaired) electrons. The lowest BCUT2D eigenvalue weighted by molar-refractivity contribution is 0.431. The van der Waals surface area contributed by atoms with E-state index in [9.17, 15) is 4.39 Å². The molecule has 1 N–H and O–H groups in total. The molecule has 17 heavy (non-hydrogen) atoms. The van der Waals surface area contributed by atoms with Crippen LogP contribution in [0.25, 0.3) is 23.0 Å². The van der Waals surface area contributed by atoms with E-state index in [-0.39, 0.29) is 11.6 Å². The van der Waals surface area contributed by atoms with Gasteiger partial charge < -0.3 is 9.51 Å². The van der Waals surface area contributed by atoms with Crippen LogP contribution in [0.1, 0.15) is 0 Å². The topological polar surface area (TPSA) is 54.7 Å². The van der Waals surface area contributed by atoms with Crippen molar-refractivity contribution >= 4 is 0 Å². The lowest BCUT2D eigenvalue weighted by Crippen LogP contribution is -1.85. The molecule has 0 bridgehead atoms. The van der Waals surface area contributed by atoms with Gasteiger partial charge in [-0.2, -0.15) is 4.98 Å². The van der Waals surface area contributed by atoms with E-state index in [1.165, 1.54) is 6.07 Å². The van der Waals surface area contributed by atoms with Crippen LogP contribution in [0.2, 0.25) is 0 Å². The highest BCUT2D eigenvalue weighted by molar-refractivity contribution is 5.58. The molecule has 0 unspecified atom stereocenters. The van der Waals surface area contributed by atoms with Gasteiger partial charge in [0, 0.05) is 6.20 Å². The predicted octanol–water partition coefficient (Wildman–Crippen LogP) is 2.87. The maximum Gasteiger partial charge on any atom is 0.274 e. The van der Waals surface area contributed by atoms with Crippen molar-refractivity contribution in [2.75, 3.05) is 0 Å². The van der Waals surface area contributed by atoms with Crippen LogP contribution in [0.5, 0.6) is 0 Å². The molecule has 2 aromatic heterocycles. The van der Waals surface area contributed by atoms with Crippen LogP contribution in [-0.2, 0) is 0 Å². The predicted molar refractivity (Wildman–Crippen MR) is 59.5 cm³/mol. The van der Waals surface area contributed by atoms with Gasteiger partial charge >= 0.3 is 0 Å². The van der Waals surface area contributed by atoms with Crippen molar-refractivity contribution in [3.63, 3.8) is 0 Å². The van der Waals surface area contributed by atoms with E-state index in [1.807, 2.05) is 6.07 Å². The fourth-order valence-corrected chi connectivity index (χ4v) is 1.55. The van der Waals surface area contributed by atoms with Crippen molar-refractivity contribution in [1.29, 1.82) is 0 Å². The summed E-state index contributed by atoms with van der Waals surface area (Å²) in [5.74, 6) is 0.215. The molecule has 1 aromatic carbocycles. The third kappa shape index (κ3) is 1.71. The smallest absolute Gasteiger partial charge is 0.274 e. The van der Waals surface area contributed by atoms with Gasteiger partial charge in [0.1, 0.15) is 11.5 Å². The second-order valence-corrected chi connectivity index (χ2v) is 3.49. The van der Waals surface area contributed by atoms with Gasteiger partial charge in [-0.15, -0.1) is 0 Å². The molecule has 0 aliphatic rings. The summed E-state index contributed by atoms with van der Waals surface area (Å²) >= 11 is 0. The molecule has 3 rings (SSSR count). The van der Waals surface area contributed by atoms with E-state index >= 15 is 0 Å². The Kier molecular flexibility index (Phi) is 2.22. The number of nitrogens with one attached hydrogen (secondary N) is 1. The lowest BCUT2D eigenvalue weighted by Gasteiger charge is -1.94. The van der Waals surface area contributed by atoms with Crippen LogP contribution in [0.15, 0.2) is 47.1 Å². The quantitative estimate of drug-likeness (QED) is 0.735. The van der Waals surface area contributed by atoms with Gasteiger partial charge in [0.2, 0.25) is 5.82 Å². The van der Waals surface area contributed by atoms with Crippen molar-refractivity contribution < 1.29 is 8.91 Å². The highest BCUT2D eigenvalue weighted by Gasteiger charge is 2.13. The number of rotatable bonds is 2. The second-order valence-electron chi connectivity index (χ2n) is 3.49. The number of aromatic nitrogens is 3. The Morgan fingerprint density at radius 2 is 2.00 bits per heavy atom. The average molecular weight is 229 g/mol. The fourth-order valence-electron chi connectivity index (χ4n) is 1.55. The maximum absolute atomic E-state index is 13.5. The summed E-state index contributed by atoms with van der Waals surface area (Å²) in [7, 11) is 0. The summed E-state index contributed by atoms with van der Waals surface area (Å²) in [4.78, 5) is 7.08. The van der Waals surface area contributed by atoms with Crippen molar-refractivity contribution in [3.8, 4) is 23.0 Å². The Hall–Kier alpha value is -2.43. The van der Waals surface area contributed by atoms with E-state index in [1.54, 1.807) is 30.5 Å². The third-order valence-electron chi connectivity index (χ3n) is 2.37. The highest BCUT2D eigenvalue weighted by Crippen LogP contribution is 2.22. The molecule has 0 aliphatic heterocycles. The summed E-state index contributed by atoms with van der Waals surface area (Å²) in [6.45, 7) is 0. The lowest BCUT2D eigenvalue weighted by atomic mass is 10.2. The van der Waals surface area contributed by atoms with Crippen LogP contribution in [0, 0.1) is 5.82 Å². The first-order chi connectivity index (χ1) is 8.34. The monoisotopic (exact) mass is 229 g/mol. The summed E-state index contributed by atoms with van der Waals surface area (Å²) in [5, 5.41) is 3.76. The van der Waals surface area contributed by atoms with Crippen LogP contribution in [-0.4, -0.2) is 15.1 Å². The van der Waals surface area contributed by atoms with Gasteiger partial charge in [0.05, 0.1) is 5.56 Å². The number of halogens is 1. The Labute approximate surface area is 96.1 Å². The molecule has 5 heteroatoms. The number of benzene rings is 1. The minimum absolute atomic E-state index is 0.243. The van der Waals surface area contributed by atoms with E-state index < -0.39 is 0 Å². The Morgan fingerprint density at radius 1 is 1.12 bits per heavy atom. The van der Waals surface area contributed by atoms with Gasteiger partial charge in [0.25, 0.3) is 5.89 Å². The Balaban J connectivity index is 2.04. The molecule has 0 spiro atoms. The third-order valence-corrected chi connectivity index (χ3v) is 2.37. The molecular weight excluding hydrogens is 221 g/mol. The zero-order valence-electron chi connectivity index (χ0n) is 8.72. The standard InChI is InChI=1S/C12H8FN3O/c13-9-5-2-1-4-8(9)11-15-12(17-16-11)10-6-3-7-14-10/h1-7,14H. The molecule has 4 nitrogen and oxygen atoms in total. The zero-order chi connectivity index (χ0) is 11.7. The molecule has 0 saturated heterocycles. The van der Waals surface area contributed by atoms with Crippen LogP contribution < -0.4 is 0 Å². The van der Waals surface area contributed by atoms with Crippen LogP contribution >= 0.6 is 0 Å². The van der Waals surface area contributed by atoms with Crippen LogP contribution in [0.3, 0.4) is 0 Å². The van der Waals surface area contributed by atoms with Gasteiger partial charge in [0.15, 0.2) is 0 Å². The molecule has 0 atom stereocenters. The molecule has 0 amide bonds. The van der Waals surface area contributed by atoms with E-state index in [2.05, 4.69) is 15.1 Å². The van der Waals surface area contributed by atoms with Gasteiger partial charge in [-0.3, -0.25) is 0 Å². The van der Waals surface area contributed by atoms with Crippen molar-refractivity contribution in [3.05, 3.63) is 48.4 Å². The van der Waals surface area contributed by atoms with E-state index in [0.717, 1.165) is 0 Å². The Bertz CT molecular complexity index is 631. The molecule has 0 aliphatic carbocycles. The SMILES string of the molecule is Fc1ccccc1-c1noc(-c2ccc[nH]2)n1. The second kappa shape index (κ2) is 3.86. The first kappa shape index (κ1) is 9.77. The van der Waals surface area contributed by atoms with Gasteiger partial charge in [-0.05, 0) is 24.3 Å². The summed E-state index contributed by atoms with van der Waals surface area (Å²) in [5.41, 5.74) is 1.04. The van der Waals surface area contributed by atoms with Crippen molar-refractivity contribution in [2.24, 2.45) is 0 Å². The molecule has 84 valence electrons. The maximum atomic E-state index is 13.5. The molecule has 2 heterocycles. The summed E-state index contributed by atoms with van der Waals surface area (Å²) < 4.78 is 18.6. The van der Waals surface area contributed by atoms with Crippen LogP contribution in [0.4, 0.5) is 4.39 Å². The van der Waals surface area contributed by atoms with E-state index in [0.29, 0.717) is 17.1 Å². The average Bonchev–Trinajstić information content (AvgIpc) is 3.00. The number of nitrogens with zero attached hydrogens (tertiary/aromatic N) is 2. The molecule has 0 saturated carbocycles. The molecule has 0 fully saturated rings. The number of aromatic amines is 1. The number of H-pyrrole nitrogens is 1.